The van der Waals surface area contributed by atoms with Crippen LogP contribution < -0.4 is 0 Å². The van der Waals surface area contributed by atoms with Crippen LogP contribution >= 0.6 is 0 Å². The average Bonchev–Trinajstić information content (AvgIpc) is 2.09. The number of aliphatic hydroxyl groups excluding tert-OH is 1. The van der Waals surface area contributed by atoms with Crippen LogP contribution in [0.1, 0.15) is 39.0 Å². The van der Waals surface area contributed by atoms with E-state index in [1.807, 2.05) is 0 Å². The van der Waals surface area contributed by atoms with Gasteiger partial charge in [0.1, 0.15) is 0 Å². The largest absolute Gasteiger partial charge is 0.396 e. The zero-order valence-electron chi connectivity index (χ0n) is 10.3. The van der Waals surface area contributed by atoms with Crippen molar-refractivity contribution in [2.45, 2.75) is 58.7 Å². The van der Waals surface area contributed by atoms with Crippen molar-refractivity contribution in [1.82, 2.24) is 0 Å². The predicted octanol–water partition coefficient (Wildman–Crippen LogP) is 3.75. The Labute approximate surface area is 90.2 Å². The quantitative estimate of drug-likeness (QED) is 0.505. The molecule has 0 saturated carbocycles. The third kappa shape index (κ3) is 6.38. The van der Waals surface area contributed by atoms with E-state index < -0.39 is 8.07 Å². The Morgan fingerprint density at radius 1 is 1.21 bits per heavy atom. The number of unbranched alkanes of at least 4 members (excludes halogenated alkanes) is 2. The van der Waals surface area contributed by atoms with Crippen LogP contribution in [0, 0.1) is 0 Å². The van der Waals surface area contributed by atoms with Crippen molar-refractivity contribution < 1.29 is 5.11 Å². The number of hydrogen-bond donors (Lipinski definition) is 1. The monoisotopic (exact) mass is 214 g/mol. The zero-order chi connectivity index (χ0) is 11.0. The van der Waals surface area contributed by atoms with Crippen LogP contribution in [0.4, 0.5) is 0 Å². The minimum Gasteiger partial charge on any atom is -0.396 e. The van der Waals surface area contributed by atoms with Crippen LogP contribution in [0.3, 0.4) is 0 Å². The van der Waals surface area contributed by atoms with E-state index in [1.54, 1.807) is 5.20 Å². The number of rotatable bonds is 7. The first kappa shape index (κ1) is 13.9. The molecular weight excluding hydrogens is 188 g/mol. The summed E-state index contributed by atoms with van der Waals surface area (Å²) in [7, 11) is -1.09. The summed E-state index contributed by atoms with van der Waals surface area (Å²) < 4.78 is 0. The summed E-state index contributed by atoms with van der Waals surface area (Å²) in [6.07, 6.45) is 8.23. The van der Waals surface area contributed by atoms with Gasteiger partial charge in [0.2, 0.25) is 0 Å². The molecule has 0 radical (unpaired) electrons. The molecule has 0 aliphatic carbocycles. The van der Waals surface area contributed by atoms with Gasteiger partial charge < -0.3 is 5.11 Å². The van der Waals surface area contributed by atoms with Crippen molar-refractivity contribution in [3.05, 3.63) is 11.3 Å². The molecular formula is C12H26OSi. The molecule has 0 amide bonds. The van der Waals surface area contributed by atoms with Gasteiger partial charge in [0.25, 0.3) is 0 Å². The smallest absolute Gasteiger partial charge is 0.0720 e. The zero-order valence-corrected chi connectivity index (χ0v) is 11.3. The molecule has 0 saturated heterocycles. The fraction of sp³-hybridized carbons (Fsp3) is 0.833. The van der Waals surface area contributed by atoms with Crippen LogP contribution in [-0.4, -0.2) is 19.8 Å². The molecule has 0 heterocycles. The number of allylic oxidation sites excluding steroid dienone is 2. The van der Waals surface area contributed by atoms with E-state index in [1.165, 1.54) is 19.3 Å². The standard InChI is InChI=1S/C12H26OSi/c1-5-6-9-12(14(2,3)4)10-7-8-11-13/h10,13H,5-9,11H2,1-4H3/b12-10-. The second-order valence-electron chi connectivity index (χ2n) is 4.95. The van der Waals surface area contributed by atoms with Gasteiger partial charge in [-0.05, 0) is 19.3 Å². The van der Waals surface area contributed by atoms with E-state index in [0.717, 1.165) is 12.8 Å². The molecule has 84 valence electrons. The van der Waals surface area contributed by atoms with Gasteiger partial charge in [0, 0.05) is 6.61 Å². The number of aliphatic hydroxyl groups is 1. The van der Waals surface area contributed by atoms with Crippen molar-refractivity contribution in [2.75, 3.05) is 6.61 Å². The van der Waals surface area contributed by atoms with Gasteiger partial charge in [0.05, 0.1) is 8.07 Å². The van der Waals surface area contributed by atoms with E-state index in [-0.39, 0.29) is 0 Å². The highest BCUT2D eigenvalue weighted by Crippen LogP contribution is 2.21. The lowest BCUT2D eigenvalue weighted by Gasteiger charge is -2.21. The summed E-state index contributed by atoms with van der Waals surface area (Å²) in [6.45, 7) is 9.80. The molecule has 0 rings (SSSR count). The van der Waals surface area contributed by atoms with Crippen molar-refractivity contribution in [3.63, 3.8) is 0 Å². The Bertz CT molecular complexity index is 168. The summed E-state index contributed by atoms with van der Waals surface area (Å²) in [5.41, 5.74) is 0. The highest BCUT2D eigenvalue weighted by atomic mass is 28.3. The van der Waals surface area contributed by atoms with Crippen LogP contribution in [0.25, 0.3) is 0 Å². The summed E-state index contributed by atoms with van der Waals surface area (Å²) >= 11 is 0. The van der Waals surface area contributed by atoms with Crippen molar-refractivity contribution >= 4 is 8.07 Å². The summed E-state index contributed by atoms with van der Waals surface area (Å²) in [4.78, 5) is 0. The van der Waals surface area contributed by atoms with Gasteiger partial charge in [0.15, 0.2) is 0 Å². The summed E-state index contributed by atoms with van der Waals surface area (Å²) in [5.74, 6) is 0. The van der Waals surface area contributed by atoms with Crippen LogP contribution in [-0.2, 0) is 0 Å². The van der Waals surface area contributed by atoms with Gasteiger partial charge >= 0.3 is 0 Å². The van der Waals surface area contributed by atoms with Gasteiger partial charge in [-0.1, -0.05) is 50.7 Å². The Balaban J connectivity index is 4.16. The lowest BCUT2D eigenvalue weighted by molar-refractivity contribution is 0.289. The normalized spacial score (nSPS) is 13.4. The van der Waals surface area contributed by atoms with Gasteiger partial charge in [-0.2, -0.15) is 0 Å². The van der Waals surface area contributed by atoms with Crippen LogP contribution in [0.5, 0.6) is 0 Å². The SMILES string of the molecule is CCCC/C(=C/CCCO)[Si](C)(C)C. The Hall–Kier alpha value is -0.0831. The molecule has 0 aromatic rings. The number of hydrogen-bond acceptors (Lipinski definition) is 1. The molecule has 1 N–H and O–H groups in total. The van der Waals surface area contributed by atoms with Crippen LogP contribution in [0.2, 0.25) is 19.6 Å². The first-order valence-electron chi connectivity index (χ1n) is 5.82. The molecule has 0 unspecified atom stereocenters. The lowest BCUT2D eigenvalue weighted by atomic mass is 10.2. The second-order valence-corrected chi connectivity index (χ2v) is 10.1. The maximum atomic E-state index is 8.74. The van der Waals surface area contributed by atoms with E-state index in [2.05, 4.69) is 32.6 Å². The average molecular weight is 214 g/mol. The first-order valence-corrected chi connectivity index (χ1v) is 9.32. The van der Waals surface area contributed by atoms with Crippen molar-refractivity contribution in [2.24, 2.45) is 0 Å². The maximum Gasteiger partial charge on any atom is 0.0720 e. The minimum absolute atomic E-state index is 0.323. The molecule has 0 spiro atoms. The molecule has 0 aromatic heterocycles. The van der Waals surface area contributed by atoms with E-state index in [4.69, 9.17) is 5.11 Å². The molecule has 0 aliphatic heterocycles. The minimum atomic E-state index is -1.09. The topological polar surface area (TPSA) is 20.2 Å². The molecule has 2 heteroatoms. The Morgan fingerprint density at radius 2 is 1.86 bits per heavy atom. The van der Waals surface area contributed by atoms with E-state index >= 15 is 0 Å². The molecule has 0 bridgehead atoms. The molecule has 1 nitrogen and oxygen atoms in total. The molecule has 0 fully saturated rings. The summed E-state index contributed by atoms with van der Waals surface area (Å²) in [6, 6.07) is 0. The van der Waals surface area contributed by atoms with E-state index in [0.29, 0.717) is 6.61 Å². The lowest BCUT2D eigenvalue weighted by Crippen LogP contribution is -2.24. The third-order valence-corrected chi connectivity index (χ3v) is 4.90. The summed E-state index contributed by atoms with van der Waals surface area (Å²) in [5, 5.41) is 10.4. The fourth-order valence-electron chi connectivity index (χ4n) is 1.52. The molecule has 0 atom stereocenters. The highest BCUT2D eigenvalue weighted by molar-refractivity contribution is 6.83. The maximum absolute atomic E-state index is 8.74. The van der Waals surface area contributed by atoms with Gasteiger partial charge in [-0.3, -0.25) is 0 Å². The van der Waals surface area contributed by atoms with Crippen molar-refractivity contribution in [3.8, 4) is 0 Å². The molecule has 0 aliphatic rings. The third-order valence-electron chi connectivity index (χ3n) is 2.52. The molecule has 14 heavy (non-hydrogen) atoms. The first-order chi connectivity index (χ1) is 6.52. The predicted molar refractivity (Wildman–Crippen MR) is 67.3 cm³/mol. The van der Waals surface area contributed by atoms with Crippen molar-refractivity contribution in [1.29, 1.82) is 0 Å². The van der Waals surface area contributed by atoms with Gasteiger partial charge in [-0.15, -0.1) is 0 Å². The van der Waals surface area contributed by atoms with E-state index in [9.17, 15) is 0 Å². The highest BCUT2D eigenvalue weighted by Gasteiger charge is 2.18. The fourth-order valence-corrected chi connectivity index (χ4v) is 3.20. The Kier molecular flexibility index (Phi) is 7.20. The molecule has 0 aromatic carbocycles. The van der Waals surface area contributed by atoms with Crippen LogP contribution in [0.15, 0.2) is 11.3 Å². The second kappa shape index (κ2) is 7.24. The Morgan fingerprint density at radius 3 is 2.29 bits per heavy atom. The van der Waals surface area contributed by atoms with Gasteiger partial charge in [-0.25, -0.2) is 0 Å².